The van der Waals surface area contributed by atoms with Crippen LogP contribution >= 0.6 is 0 Å². The Balaban J connectivity index is 0.000000364. The zero-order chi connectivity index (χ0) is 10.8. The standard InChI is InChI=1S/C9H13N.C2H4O2/c1-2-5-8-6-3-4-7-9(8)10;1-4-2-3/h3-4,6-7H,2,5,10H2,1H3;2H,1H3. The van der Waals surface area contributed by atoms with Crippen molar-refractivity contribution in [2.45, 2.75) is 19.8 Å². The highest BCUT2D eigenvalue weighted by molar-refractivity contribution is 5.46. The molecule has 0 aliphatic carbocycles. The third-order valence-electron chi connectivity index (χ3n) is 1.67. The van der Waals surface area contributed by atoms with Crippen LogP contribution in [-0.2, 0) is 16.0 Å². The molecular formula is C11H17NO2. The summed E-state index contributed by atoms with van der Waals surface area (Å²) in [6.45, 7) is 2.53. The van der Waals surface area contributed by atoms with Gasteiger partial charge in [0.15, 0.2) is 0 Å². The van der Waals surface area contributed by atoms with Crippen LogP contribution in [0.15, 0.2) is 24.3 Å². The molecule has 0 radical (unpaired) electrons. The van der Waals surface area contributed by atoms with Crippen LogP contribution in [-0.4, -0.2) is 13.6 Å². The molecule has 0 bridgehead atoms. The van der Waals surface area contributed by atoms with E-state index in [1.807, 2.05) is 18.2 Å². The summed E-state index contributed by atoms with van der Waals surface area (Å²) in [5.74, 6) is 0. The average Bonchev–Trinajstić information content (AvgIpc) is 2.22. The highest BCUT2D eigenvalue weighted by atomic mass is 16.5. The Labute approximate surface area is 84.9 Å². The Morgan fingerprint density at radius 3 is 2.43 bits per heavy atom. The monoisotopic (exact) mass is 195 g/mol. The van der Waals surface area contributed by atoms with Gasteiger partial charge in [-0.2, -0.15) is 0 Å². The molecule has 0 atom stereocenters. The first kappa shape index (κ1) is 12.5. The molecule has 1 aromatic carbocycles. The van der Waals surface area contributed by atoms with Gasteiger partial charge in [-0.15, -0.1) is 0 Å². The molecule has 78 valence electrons. The molecular weight excluding hydrogens is 178 g/mol. The number of hydrogen-bond donors (Lipinski definition) is 1. The van der Waals surface area contributed by atoms with E-state index in [9.17, 15) is 0 Å². The second-order valence-electron chi connectivity index (χ2n) is 2.78. The van der Waals surface area contributed by atoms with Gasteiger partial charge in [0.2, 0.25) is 0 Å². The van der Waals surface area contributed by atoms with Crippen molar-refractivity contribution in [2.75, 3.05) is 12.8 Å². The largest absolute Gasteiger partial charge is 0.471 e. The molecule has 0 aliphatic heterocycles. The van der Waals surface area contributed by atoms with Gasteiger partial charge in [0.1, 0.15) is 0 Å². The van der Waals surface area contributed by atoms with Crippen molar-refractivity contribution in [3.05, 3.63) is 29.8 Å². The predicted molar refractivity (Wildman–Crippen MR) is 57.9 cm³/mol. The first-order valence-corrected chi connectivity index (χ1v) is 4.56. The van der Waals surface area contributed by atoms with E-state index >= 15 is 0 Å². The number of benzene rings is 1. The van der Waals surface area contributed by atoms with Gasteiger partial charge in [-0.3, -0.25) is 4.79 Å². The smallest absolute Gasteiger partial charge is 0.292 e. The maximum Gasteiger partial charge on any atom is 0.292 e. The Morgan fingerprint density at radius 1 is 1.43 bits per heavy atom. The van der Waals surface area contributed by atoms with Gasteiger partial charge in [0, 0.05) is 5.69 Å². The highest BCUT2D eigenvalue weighted by Crippen LogP contribution is 2.11. The van der Waals surface area contributed by atoms with Gasteiger partial charge in [-0.25, -0.2) is 0 Å². The van der Waals surface area contributed by atoms with E-state index in [0.717, 1.165) is 18.5 Å². The van der Waals surface area contributed by atoms with Gasteiger partial charge in [0.05, 0.1) is 7.11 Å². The molecule has 0 unspecified atom stereocenters. The number of nitrogens with two attached hydrogens (primary N) is 1. The molecule has 0 aromatic heterocycles. The van der Waals surface area contributed by atoms with E-state index in [1.54, 1.807) is 0 Å². The van der Waals surface area contributed by atoms with Crippen molar-refractivity contribution >= 4 is 12.2 Å². The number of nitrogen functional groups attached to an aromatic ring is 1. The molecule has 3 heteroatoms. The number of aryl methyl sites for hydroxylation is 1. The summed E-state index contributed by atoms with van der Waals surface area (Å²) in [6.07, 6.45) is 2.25. The number of carbonyl (C=O) groups is 1. The molecule has 0 heterocycles. The molecule has 0 spiro atoms. The fraction of sp³-hybridized carbons (Fsp3) is 0.364. The predicted octanol–water partition coefficient (Wildman–Crippen LogP) is 2.01. The van der Waals surface area contributed by atoms with Crippen LogP contribution in [0.2, 0.25) is 0 Å². The molecule has 0 saturated heterocycles. The maximum atomic E-state index is 8.95. The van der Waals surface area contributed by atoms with Gasteiger partial charge in [-0.1, -0.05) is 31.5 Å². The minimum Gasteiger partial charge on any atom is -0.471 e. The zero-order valence-electron chi connectivity index (χ0n) is 8.69. The van der Waals surface area contributed by atoms with Crippen LogP contribution in [0, 0.1) is 0 Å². The van der Waals surface area contributed by atoms with Gasteiger partial charge >= 0.3 is 0 Å². The zero-order valence-corrected chi connectivity index (χ0v) is 8.69. The average molecular weight is 195 g/mol. The molecule has 3 nitrogen and oxygen atoms in total. The van der Waals surface area contributed by atoms with E-state index in [2.05, 4.69) is 17.7 Å². The number of anilines is 1. The number of rotatable bonds is 3. The van der Waals surface area contributed by atoms with Crippen LogP contribution in [0.3, 0.4) is 0 Å². The maximum absolute atomic E-state index is 8.95. The van der Waals surface area contributed by atoms with E-state index in [1.165, 1.54) is 12.7 Å². The number of ether oxygens (including phenoxy) is 1. The van der Waals surface area contributed by atoms with Crippen molar-refractivity contribution in [1.29, 1.82) is 0 Å². The number of methoxy groups -OCH3 is 1. The fourth-order valence-electron chi connectivity index (χ4n) is 1.03. The van der Waals surface area contributed by atoms with Crippen molar-refractivity contribution in [3.63, 3.8) is 0 Å². The molecule has 1 aromatic rings. The Bertz CT molecular complexity index is 261. The normalized spacial score (nSPS) is 8.43. The summed E-state index contributed by atoms with van der Waals surface area (Å²) < 4.78 is 3.86. The molecule has 0 fully saturated rings. The van der Waals surface area contributed by atoms with Crippen LogP contribution in [0.1, 0.15) is 18.9 Å². The first-order chi connectivity index (χ1) is 6.76. The minimum absolute atomic E-state index is 0.375. The van der Waals surface area contributed by atoms with E-state index < -0.39 is 0 Å². The van der Waals surface area contributed by atoms with Gasteiger partial charge in [-0.05, 0) is 18.1 Å². The van der Waals surface area contributed by atoms with E-state index in [0.29, 0.717) is 6.47 Å². The summed E-state index contributed by atoms with van der Waals surface area (Å²) in [4.78, 5) is 8.95. The summed E-state index contributed by atoms with van der Waals surface area (Å²) in [5.41, 5.74) is 7.90. The Morgan fingerprint density at radius 2 is 2.00 bits per heavy atom. The molecule has 1 rings (SSSR count). The molecule has 0 aliphatic rings. The molecule has 0 saturated carbocycles. The van der Waals surface area contributed by atoms with Crippen molar-refractivity contribution in [1.82, 2.24) is 0 Å². The minimum atomic E-state index is 0.375. The third kappa shape index (κ3) is 5.19. The summed E-state index contributed by atoms with van der Waals surface area (Å²) in [5, 5.41) is 0. The van der Waals surface area contributed by atoms with Crippen molar-refractivity contribution in [2.24, 2.45) is 0 Å². The Kier molecular flexibility index (Phi) is 7.23. The van der Waals surface area contributed by atoms with Crippen LogP contribution in [0.25, 0.3) is 0 Å². The SMILES string of the molecule is CCCc1ccccc1N.COC=O. The van der Waals surface area contributed by atoms with Crippen LogP contribution < -0.4 is 5.73 Å². The third-order valence-corrected chi connectivity index (χ3v) is 1.67. The lowest BCUT2D eigenvalue weighted by Gasteiger charge is -2.01. The van der Waals surface area contributed by atoms with E-state index in [4.69, 9.17) is 10.5 Å². The number of carbonyl (C=O) groups excluding carboxylic acids is 1. The highest BCUT2D eigenvalue weighted by Gasteiger charge is 1.93. The quantitative estimate of drug-likeness (QED) is 0.593. The van der Waals surface area contributed by atoms with Crippen LogP contribution in [0.4, 0.5) is 5.69 Å². The molecule has 2 N–H and O–H groups in total. The molecule has 14 heavy (non-hydrogen) atoms. The molecule has 0 amide bonds. The lowest BCUT2D eigenvalue weighted by atomic mass is 10.1. The number of hydrogen-bond acceptors (Lipinski definition) is 3. The summed E-state index contributed by atoms with van der Waals surface area (Å²) >= 11 is 0. The lowest BCUT2D eigenvalue weighted by molar-refractivity contribution is -0.126. The topological polar surface area (TPSA) is 52.3 Å². The van der Waals surface area contributed by atoms with Gasteiger partial charge < -0.3 is 10.5 Å². The second-order valence-corrected chi connectivity index (χ2v) is 2.78. The van der Waals surface area contributed by atoms with E-state index in [-0.39, 0.29) is 0 Å². The first-order valence-electron chi connectivity index (χ1n) is 4.56. The number of para-hydroxylation sites is 1. The fourth-order valence-corrected chi connectivity index (χ4v) is 1.03. The lowest BCUT2D eigenvalue weighted by Crippen LogP contribution is -1.92. The van der Waals surface area contributed by atoms with Crippen molar-refractivity contribution in [3.8, 4) is 0 Å². The summed E-state index contributed by atoms with van der Waals surface area (Å²) in [7, 11) is 1.31. The Hall–Kier alpha value is -1.51. The van der Waals surface area contributed by atoms with Crippen molar-refractivity contribution < 1.29 is 9.53 Å². The van der Waals surface area contributed by atoms with Crippen LogP contribution in [0.5, 0.6) is 0 Å². The van der Waals surface area contributed by atoms with Gasteiger partial charge in [0.25, 0.3) is 6.47 Å². The summed E-state index contributed by atoms with van der Waals surface area (Å²) in [6, 6.07) is 8.03. The second kappa shape index (κ2) is 8.10.